The standard InChI is InChI=1S/C20H15ClFN3O/c1-2-26-20-24-10-16-13-8-7-12(21)9-15(13)19(23-11-18(16)25-20)14-5-3-4-6-17(14)22/h3-10H,2,11H2,1H3. The van der Waals surface area contributed by atoms with Crippen molar-refractivity contribution in [2.75, 3.05) is 6.61 Å². The van der Waals surface area contributed by atoms with Gasteiger partial charge in [-0.3, -0.25) is 4.99 Å². The van der Waals surface area contributed by atoms with E-state index >= 15 is 0 Å². The maximum atomic E-state index is 14.4. The number of benzene rings is 2. The summed E-state index contributed by atoms with van der Waals surface area (Å²) in [6.45, 7) is 2.66. The normalized spacial score (nSPS) is 12.7. The van der Waals surface area contributed by atoms with Crippen molar-refractivity contribution in [2.24, 2.45) is 4.99 Å². The Hall–Kier alpha value is -2.79. The van der Waals surface area contributed by atoms with Crippen LogP contribution in [0.1, 0.15) is 23.7 Å². The average molecular weight is 368 g/mol. The third-order valence-electron chi connectivity index (χ3n) is 4.16. The van der Waals surface area contributed by atoms with Crippen molar-refractivity contribution in [1.29, 1.82) is 0 Å². The maximum Gasteiger partial charge on any atom is 0.316 e. The van der Waals surface area contributed by atoms with Gasteiger partial charge in [0.25, 0.3) is 0 Å². The molecule has 0 bridgehead atoms. The van der Waals surface area contributed by atoms with E-state index in [9.17, 15) is 4.39 Å². The monoisotopic (exact) mass is 367 g/mol. The van der Waals surface area contributed by atoms with E-state index in [1.54, 1.807) is 36.5 Å². The zero-order valence-electron chi connectivity index (χ0n) is 14.0. The molecule has 3 aromatic rings. The smallest absolute Gasteiger partial charge is 0.316 e. The molecule has 0 spiro atoms. The zero-order chi connectivity index (χ0) is 18.1. The highest BCUT2D eigenvalue weighted by Gasteiger charge is 2.22. The molecular weight excluding hydrogens is 353 g/mol. The number of hydrogen-bond donors (Lipinski definition) is 0. The van der Waals surface area contributed by atoms with Crippen LogP contribution in [-0.2, 0) is 6.54 Å². The zero-order valence-corrected chi connectivity index (χ0v) is 14.8. The molecule has 0 amide bonds. The van der Waals surface area contributed by atoms with Crippen LogP contribution < -0.4 is 4.74 Å². The van der Waals surface area contributed by atoms with Gasteiger partial charge in [-0.15, -0.1) is 0 Å². The van der Waals surface area contributed by atoms with Crippen LogP contribution in [0.4, 0.5) is 4.39 Å². The summed E-state index contributed by atoms with van der Waals surface area (Å²) < 4.78 is 19.8. The van der Waals surface area contributed by atoms with Gasteiger partial charge in [-0.25, -0.2) is 9.37 Å². The number of aliphatic imine (C=N–C) groups is 1. The van der Waals surface area contributed by atoms with Gasteiger partial charge in [0.05, 0.1) is 24.6 Å². The van der Waals surface area contributed by atoms with Crippen molar-refractivity contribution < 1.29 is 9.13 Å². The predicted molar refractivity (Wildman–Crippen MR) is 99.4 cm³/mol. The minimum atomic E-state index is -0.329. The molecule has 1 aliphatic rings. The summed E-state index contributed by atoms with van der Waals surface area (Å²) in [6, 6.07) is 12.4. The molecule has 1 aromatic heterocycles. The fourth-order valence-corrected chi connectivity index (χ4v) is 3.18. The van der Waals surface area contributed by atoms with E-state index < -0.39 is 0 Å². The second-order valence-corrected chi connectivity index (χ2v) is 6.22. The molecule has 0 unspecified atom stereocenters. The van der Waals surface area contributed by atoms with E-state index in [-0.39, 0.29) is 5.82 Å². The lowest BCUT2D eigenvalue weighted by Crippen LogP contribution is -2.07. The van der Waals surface area contributed by atoms with Crippen molar-refractivity contribution in [3.8, 4) is 17.1 Å². The van der Waals surface area contributed by atoms with Crippen LogP contribution in [0, 0.1) is 5.82 Å². The van der Waals surface area contributed by atoms with Crippen LogP contribution >= 0.6 is 11.6 Å². The fourth-order valence-electron chi connectivity index (χ4n) is 3.01. The van der Waals surface area contributed by atoms with Gasteiger partial charge in [0.2, 0.25) is 0 Å². The Labute approximate surface area is 155 Å². The lowest BCUT2D eigenvalue weighted by Gasteiger charge is -2.12. The summed E-state index contributed by atoms with van der Waals surface area (Å²) in [6.07, 6.45) is 1.72. The highest BCUT2D eigenvalue weighted by Crippen LogP contribution is 2.34. The van der Waals surface area contributed by atoms with Crippen LogP contribution in [-0.4, -0.2) is 22.3 Å². The van der Waals surface area contributed by atoms with E-state index in [2.05, 4.69) is 15.0 Å². The quantitative estimate of drug-likeness (QED) is 0.675. The van der Waals surface area contributed by atoms with E-state index in [1.807, 2.05) is 13.0 Å². The number of aromatic nitrogens is 2. The van der Waals surface area contributed by atoms with Gasteiger partial charge in [0, 0.05) is 27.9 Å². The summed E-state index contributed by atoms with van der Waals surface area (Å²) in [5, 5.41) is 0.558. The van der Waals surface area contributed by atoms with Crippen molar-refractivity contribution >= 4 is 17.3 Å². The molecule has 0 saturated heterocycles. The van der Waals surface area contributed by atoms with E-state index in [4.69, 9.17) is 16.3 Å². The topological polar surface area (TPSA) is 47.4 Å². The summed E-state index contributed by atoms with van der Waals surface area (Å²) >= 11 is 6.22. The van der Waals surface area contributed by atoms with Crippen LogP contribution in [0.3, 0.4) is 0 Å². The highest BCUT2D eigenvalue weighted by molar-refractivity contribution is 6.31. The molecule has 130 valence electrons. The molecule has 4 rings (SSSR count). The fraction of sp³-hybridized carbons (Fsp3) is 0.150. The first-order valence-electron chi connectivity index (χ1n) is 8.25. The van der Waals surface area contributed by atoms with Crippen LogP contribution in [0.25, 0.3) is 11.1 Å². The van der Waals surface area contributed by atoms with Gasteiger partial charge in [-0.05, 0) is 36.8 Å². The number of rotatable bonds is 3. The molecule has 2 aromatic carbocycles. The van der Waals surface area contributed by atoms with Crippen molar-refractivity contribution in [3.05, 3.63) is 76.3 Å². The Morgan fingerprint density at radius 3 is 2.73 bits per heavy atom. The third-order valence-corrected chi connectivity index (χ3v) is 4.40. The summed E-state index contributed by atoms with van der Waals surface area (Å²) in [5.41, 5.74) is 4.19. The second-order valence-electron chi connectivity index (χ2n) is 5.78. The largest absolute Gasteiger partial charge is 0.464 e. The predicted octanol–water partition coefficient (Wildman–Crippen LogP) is 4.69. The Balaban J connectivity index is 1.94. The molecular formula is C20H15ClFN3O. The maximum absolute atomic E-state index is 14.4. The minimum Gasteiger partial charge on any atom is -0.464 e. The molecule has 4 nitrogen and oxygen atoms in total. The van der Waals surface area contributed by atoms with Crippen LogP contribution in [0.15, 0.2) is 53.7 Å². The number of halogens is 2. The van der Waals surface area contributed by atoms with E-state index in [0.29, 0.717) is 35.5 Å². The molecule has 26 heavy (non-hydrogen) atoms. The average Bonchev–Trinajstić information content (AvgIpc) is 2.79. The Bertz CT molecular complexity index is 1020. The summed E-state index contributed by atoms with van der Waals surface area (Å²) in [4.78, 5) is 13.4. The first-order chi connectivity index (χ1) is 12.7. The highest BCUT2D eigenvalue weighted by atomic mass is 35.5. The molecule has 2 heterocycles. The third kappa shape index (κ3) is 2.95. The molecule has 0 radical (unpaired) electrons. The van der Waals surface area contributed by atoms with Gasteiger partial charge >= 0.3 is 6.01 Å². The lowest BCUT2D eigenvalue weighted by atomic mass is 9.94. The van der Waals surface area contributed by atoms with E-state index in [1.165, 1.54) is 6.07 Å². The van der Waals surface area contributed by atoms with Crippen molar-refractivity contribution in [3.63, 3.8) is 0 Å². The lowest BCUT2D eigenvalue weighted by molar-refractivity contribution is 0.311. The number of hydrogen-bond acceptors (Lipinski definition) is 4. The van der Waals surface area contributed by atoms with Crippen molar-refractivity contribution in [1.82, 2.24) is 9.97 Å². The van der Waals surface area contributed by atoms with Gasteiger partial charge in [0.1, 0.15) is 5.82 Å². The number of ether oxygens (including phenoxy) is 1. The molecule has 0 atom stereocenters. The number of nitrogens with zero attached hydrogens (tertiary/aromatic N) is 3. The first kappa shape index (κ1) is 16.7. The first-order valence-corrected chi connectivity index (χ1v) is 8.63. The number of fused-ring (bicyclic) bond motifs is 3. The molecule has 1 aliphatic heterocycles. The summed E-state index contributed by atoms with van der Waals surface area (Å²) in [5.74, 6) is -0.329. The Kier molecular flexibility index (Phi) is 4.39. The molecule has 0 saturated carbocycles. The summed E-state index contributed by atoms with van der Waals surface area (Å²) in [7, 11) is 0. The van der Waals surface area contributed by atoms with Gasteiger partial charge in [-0.1, -0.05) is 29.8 Å². The molecule has 0 fully saturated rings. The Morgan fingerprint density at radius 1 is 1.08 bits per heavy atom. The van der Waals surface area contributed by atoms with Gasteiger partial charge in [-0.2, -0.15) is 4.98 Å². The molecule has 0 N–H and O–H groups in total. The van der Waals surface area contributed by atoms with Gasteiger partial charge in [0.15, 0.2) is 0 Å². The second kappa shape index (κ2) is 6.84. The molecule has 6 heteroatoms. The van der Waals surface area contributed by atoms with Crippen molar-refractivity contribution in [2.45, 2.75) is 13.5 Å². The van der Waals surface area contributed by atoms with E-state index in [0.717, 1.165) is 22.4 Å². The Morgan fingerprint density at radius 2 is 1.92 bits per heavy atom. The van der Waals surface area contributed by atoms with Crippen LogP contribution in [0.5, 0.6) is 6.01 Å². The van der Waals surface area contributed by atoms with Gasteiger partial charge < -0.3 is 4.74 Å². The SMILES string of the molecule is CCOc1ncc2c(n1)CN=C(c1ccccc1F)c1cc(Cl)ccc1-2. The molecule has 0 aliphatic carbocycles. The minimum absolute atomic E-state index is 0.299. The van der Waals surface area contributed by atoms with Crippen LogP contribution in [0.2, 0.25) is 5.02 Å².